The van der Waals surface area contributed by atoms with Gasteiger partial charge in [0, 0.05) is 36.7 Å². The van der Waals surface area contributed by atoms with E-state index in [1.165, 1.54) is 0 Å². The van der Waals surface area contributed by atoms with Gasteiger partial charge in [0.1, 0.15) is 12.1 Å². The monoisotopic (exact) mass is 621 g/mol. The summed E-state index contributed by atoms with van der Waals surface area (Å²) in [6.45, 7) is 1.21. The van der Waals surface area contributed by atoms with Gasteiger partial charge in [-0.2, -0.15) is 0 Å². The molecule has 10 nitrogen and oxygen atoms in total. The maximum Gasteiger partial charge on any atom is 0.245 e. The van der Waals surface area contributed by atoms with E-state index < -0.39 is 12.1 Å². The van der Waals surface area contributed by atoms with Gasteiger partial charge in [0.05, 0.1) is 6.42 Å². The Balaban J connectivity index is 1.31. The van der Waals surface area contributed by atoms with Crippen molar-refractivity contribution in [3.63, 3.8) is 0 Å². The van der Waals surface area contributed by atoms with Crippen molar-refractivity contribution in [3.05, 3.63) is 108 Å². The Morgan fingerprint density at radius 3 is 2.37 bits per heavy atom. The fraction of sp³-hybridized carbons (Fsp3) is 0.333. The number of nitrogens with zero attached hydrogens (tertiary/aromatic N) is 2. The molecule has 3 amide bonds. The minimum Gasteiger partial charge on any atom is -0.370 e. The number of aromatic amines is 1. The third kappa shape index (κ3) is 8.74. The van der Waals surface area contributed by atoms with Gasteiger partial charge in [-0.3, -0.25) is 19.4 Å². The molecule has 0 spiro atoms. The number of fused-ring (bicyclic) bond motifs is 1. The van der Waals surface area contributed by atoms with Crippen LogP contribution in [0.5, 0.6) is 0 Å². The predicted molar refractivity (Wildman–Crippen MR) is 181 cm³/mol. The molecule has 0 bridgehead atoms. The summed E-state index contributed by atoms with van der Waals surface area (Å²) in [5, 5.41) is 7.01. The number of hydrogen-bond acceptors (Lipinski definition) is 4. The van der Waals surface area contributed by atoms with E-state index in [0.29, 0.717) is 45.3 Å². The lowest BCUT2D eigenvalue weighted by Gasteiger charge is -2.29. The van der Waals surface area contributed by atoms with Gasteiger partial charge < -0.3 is 32.0 Å². The molecular formula is C36H43N7O3. The SMILES string of the molecule is NC(N)=NCCC[C@H](NC(=O)Cc1c[nH]c2ccccc12)C(=O)N1C[C@H](Cc2ccccc2)C[C@H]1C(=O)NCCc1ccccc1. The number of aromatic nitrogens is 1. The highest BCUT2D eigenvalue weighted by atomic mass is 16.2. The molecule has 46 heavy (non-hydrogen) atoms. The fourth-order valence-corrected chi connectivity index (χ4v) is 6.26. The van der Waals surface area contributed by atoms with E-state index in [-0.39, 0.29) is 36.0 Å². The van der Waals surface area contributed by atoms with Crippen LogP contribution >= 0.6 is 0 Å². The van der Waals surface area contributed by atoms with Crippen LogP contribution in [0, 0.1) is 5.92 Å². The van der Waals surface area contributed by atoms with Gasteiger partial charge in [0.15, 0.2) is 5.96 Å². The van der Waals surface area contributed by atoms with Crippen LogP contribution in [0.2, 0.25) is 0 Å². The van der Waals surface area contributed by atoms with Crippen LogP contribution in [0.3, 0.4) is 0 Å². The van der Waals surface area contributed by atoms with Crippen molar-refractivity contribution < 1.29 is 14.4 Å². The van der Waals surface area contributed by atoms with Gasteiger partial charge >= 0.3 is 0 Å². The number of guanidine groups is 1. The summed E-state index contributed by atoms with van der Waals surface area (Å²) in [6, 6.07) is 26.4. The third-order valence-electron chi connectivity index (χ3n) is 8.50. The molecule has 240 valence electrons. The summed E-state index contributed by atoms with van der Waals surface area (Å²) in [6.07, 6.45) is 4.74. The summed E-state index contributed by atoms with van der Waals surface area (Å²) in [5.41, 5.74) is 15.1. The number of nitrogens with one attached hydrogen (secondary N) is 3. The van der Waals surface area contributed by atoms with Crippen LogP contribution in [0.4, 0.5) is 0 Å². The first kappa shape index (κ1) is 32.3. The van der Waals surface area contributed by atoms with Crippen molar-refractivity contribution in [2.24, 2.45) is 22.4 Å². The Kier molecular flexibility index (Phi) is 11.0. The van der Waals surface area contributed by atoms with Gasteiger partial charge in [-0.15, -0.1) is 0 Å². The fourth-order valence-electron chi connectivity index (χ4n) is 6.26. The molecule has 2 heterocycles. The largest absolute Gasteiger partial charge is 0.370 e. The van der Waals surface area contributed by atoms with Crippen molar-refractivity contribution in [2.75, 3.05) is 19.6 Å². The lowest BCUT2D eigenvalue weighted by molar-refractivity contribution is -0.141. The van der Waals surface area contributed by atoms with E-state index in [1.54, 1.807) is 4.90 Å². The number of hydrogen-bond donors (Lipinski definition) is 5. The van der Waals surface area contributed by atoms with Crippen molar-refractivity contribution in [2.45, 2.75) is 50.6 Å². The van der Waals surface area contributed by atoms with Crippen LogP contribution in [0.15, 0.2) is 96.1 Å². The molecule has 0 unspecified atom stereocenters. The highest BCUT2D eigenvalue weighted by molar-refractivity contribution is 5.94. The second-order valence-electron chi connectivity index (χ2n) is 11.9. The summed E-state index contributed by atoms with van der Waals surface area (Å²) in [7, 11) is 0. The first-order valence-electron chi connectivity index (χ1n) is 15.9. The second-order valence-corrected chi connectivity index (χ2v) is 11.9. The number of likely N-dealkylation sites (tertiary alicyclic amines) is 1. The third-order valence-corrected chi connectivity index (χ3v) is 8.50. The van der Waals surface area contributed by atoms with E-state index in [9.17, 15) is 14.4 Å². The van der Waals surface area contributed by atoms with Crippen LogP contribution in [0.25, 0.3) is 10.9 Å². The van der Waals surface area contributed by atoms with Crippen molar-refractivity contribution in [3.8, 4) is 0 Å². The van der Waals surface area contributed by atoms with Crippen LogP contribution in [0.1, 0.15) is 36.0 Å². The normalized spacial score (nSPS) is 16.6. The smallest absolute Gasteiger partial charge is 0.245 e. The molecule has 10 heteroatoms. The molecule has 0 saturated carbocycles. The number of carbonyl (C=O) groups is 3. The highest BCUT2D eigenvalue weighted by Crippen LogP contribution is 2.28. The molecule has 1 aliphatic rings. The lowest BCUT2D eigenvalue weighted by atomic mass is 9.96. The number of benzene rings is 3. The van der Waals surface area contributed by atoms with Crippen LogP contribution in [-0.2, 0) is 33.6 Å². The van der Waals surface area contributed by atoms with E-state index in [4.69, 9.17) is 11.5 Å². The van der Waals surface area contributed by atoms with E-state index >= 15 is 0 Å². The van der Waals surface area contributed by atoms with E-state index in [2.05, 4.69) is 32.7 Å². The predicted octanol–water partition coefficient (Wildman–Crippen LogP) is 3.07. The number of rotatable bonds is 14. The van der Waals surface area contributed by atoms with Gasteiger partial charge in [-0.1, -0.05) is 78.9 Å². The molecule has 0 aliphatic carbocycles. The Bertz CT molecular complexity index is 1630. The van der Waals surface area contributed by atoms with Gasteiger partial charge in [0.25, 0.3) is 0 Å². The number of carbonyl (C=O) groups excluding carboxylic acids is 3. The molecule has 5 rings (SSSR count). The van der Waals surface area contributed by atoms with Crippen molar-refractivity contribution in [1.82, 2.24) is 20.5 Å². The van der Waals surface area contributed by atoms with Gasteiger partial charge in [-0.25, -0.2) is 0 Å². The van der Waals surface area contributed by atoms with Crippen LogP contribution < -0.4 is 22.1 Å². The second kappa shape index (κ2) is 15.7. The van der Waals surface area contributed by atoms with Crippen molar-refractivity contribution in [1.29, 1.82) is 0 Å². The molecule has 0 radical (unpaired) electrons. The summed E-state index contributed by atoms with van der Waals surface area (Å²) >= 11 is 0. The molecular weight excluding hydrogens is 578 g/mol. The number of H-pyrrole nitrogens is 1. The molecule has 1 aromatic heterocycles. The number of aliphatic imine (C=N–C) groups is 1. The standard InChI is InChI=1S/C36H43N7O3/c37-36(38)40-18-9-16-31(42-33(44)22-28-23-41-30-15-8-7-14-29(28)30)35(46)43-24-27(20-26-12-5-2-6-13-26)21-32(43)34(45)39-19-17-25-10-3-1-4-11-25/h1-8,10-15,23,27,31-32,41H,9,16-22,24H2,(H,39,45)(H,42,44)(H4,37,38,40)/t27-,31+,32+/m1/s1. The molecule has 1 fully saturated rings. The number of para-hydroxylation sites is 1. The Morgan fingerprint density at radius 2 is 1.63 bits per heavy atom. The molecule has 3 aromatic carbocycles. The van der Waals surface area contributed by atoms with Gasteiger partial charge in [-0.05, 0) is 60.8 Å². The lowest BCUT2D eigenvalue weighted by Crippen LogP contribution is -2.54. The van der Waals surface area contributed by atoms with Crippen LogP contribution in [-0.4, -0.2) is 65.3 Å². The molecule has 7 N–H and O–H groups in total. The zero-order valence-electron chi connectivity index (χ0n) is 26.0. The van der Waals surface area contributed by atoms with Gasteiger partial charge in [0.2, 0.25) is 17.7 Å². The van der Waals surface area contributed by atoms with Crippen molar-refractivity contribution >= 4 is 34.6 Å². The number of amides is 3. The molecule has 4 aromatic rings. The number of nitrogens with two attached hydrogens (primary N) is 2. The van der Waals surface area contributed by atoms with E-state index in [0.717, 1.165) is 34.0 Å². The zero-order chi connectivity index (χ0) is 32.3. The molecule has 1 aliphatic heterocycles. The minimum absolute atomic E-state index is 0.0261. The quantitative estimate of drug-likeness (QED) is 0.0831. The first-order chi connectivity index (χ1) is 22.4. The topological polar surface area (TPSA) is 159 Å². The Morgan fingerprint density at radius 1 is 0.935 bits per heavy atom. The maximum atomic E-state index is 14.3. The minimum atomic E-state index is -0.831. The highest BCUT2D eigenvalue weighted by Gasteiger charge is 2.41. The molecule has 1 saturated heterocycles. The molecule has 3 atom stereocenters. The average Bonchev–Trinajstić information content (AvgIpc) is 3.67. The zero-order valence-corrected chi connectivity index (χ0v) is 26.0. The summed E-state index contributed by atoms with van der Waals surface area (Å²) < 4.78 is 0. The Labute approximate surface area is 269 Å². The first-order valence-corrected chi connectivity index (χ1v) is 15.9. The summed E-state index contributed by atoms with van der Waals surface area (Å²) in [4.78, 5) is 50.2. The Hall–Kier alpha value is -5.12. The average molecular weight is 622 g/mol. The van der Waals surface area contributed by atoms with E-state index in [1.807, 2.05) is 79.0 Å². The maximum absolute atomic E-state index is 14.3. The summed E-state index contributed by atoms with van der Waals surface area (Å²) in [5.74, 6) is -0.643.